The highest BCUT2D eigenvalue weighted by Gasteiger charge is 2.20. The van der Waals surface area contributed by atoms with Gasteiger partial charge in [0.05, 0.1) is 11.7 Å². The van der Waals surface area contributed by atoms with Crippen LogP contribution in [0.2, 0.25) is 10.0 Å². The van der Waals surface area contributed by atoms with Gasteiger partial charge >= 0.3 is 0 Å². The fraction of sp³-hybridized carbons (Fsp3) is 0.353. The van der Waals surface area contributed by atoms with Crippen LogP contribution in [0.1, 0.15) is 26.3 Å². The minimum atomic E-state index is -0.279. The highest BCUT2D eigenvalue weighted by Crippen LogP contribution is 2.22. The molecule has 0 atom stereocenters. The number of nitrogens with one attached hydrogen (secondary N) is 1. The lowest BCUT2D eigenvalue weighted by molar-refractivity contribution is 0.366. The van der Waals surface area contributed by atoms with E-state index in [4.69, 9.17) is 23.2 Å². The molecule has 0 unspecified atom stereocenters. The molecule has 0 aliphatic rings. The van der Waals surface area contributed by atoms with Gasteiger partial charge in [0.15, 0.2) is 5.65 Å². The van der Waals surface area contributed by atoms with Crippen molar-refractivity contribution in [2.24, 2.45) is 0 Å². The molecule has 3 rings (SSSR count). The minimum absolute atomic E-state index is 0.216. The van der Waals surface area contributed by atoms with E-state index in [0.717, 1.165) is 5.56 Å². The molecule has 0 spiro atoms. The Bertz CT molecular complexity index is 967. The van der Waals surface area contributed by atoms with E-state index in [9.17, 15) is 4.79 Å². The average Bonchev–Trinajstić information content (AvgIpc) is 2.90. The van der Waals surface area contributed by atoms with E-state index in [1.165, 1.54) is 0 Å². The summed E-state index contributed by atoms with van der Waals surface area (Å²) in [6, 6.07) is 5.35. The predicted molar refractivity (Wildman–Crippen MR) is 102 cm³/mol. The molecule has 2 aromatic heterocycles. The molecule has 0 saturated heterocycles. The lowest BCUT2D eigenvalue weighted by Crippen LogP contribution is -2.26. The van der Waals surface area contributed by atoms with E-state index in [2.05, 4.69) is 15.1 Å². The molecule has 0 amide bonds. The molecule has 1 N–H and O–H groups in total. The number of aromatic amines is 1. The van der Waals surface area contributed by atoms with Gasteiger partial charge in [-0.25, -0.2) is 4.68 Å². The van der Waals surface area contributed by atoms with Crippen LogP contribution in [0.5, 0.6) is 0 Å². The topological polar surface area (TPSA) is 66.8 Å². The minimum Gasteiger partial charge on any atom is -0.341 e. The van der Waals surface area contributed by atoms with Crippen LogP contribution in [0, 0.1) is 0 Å². The summed E-state index contributed by atoms with van der Waals surface area (Å²) >= 11 is 12.1. The van der Waals surface area contributed by atoms with E-state index in [-0.39, 0.29) is 11.1 Å². The van der Waals surface area contributed by atoms with Crippen molar-refractivity contribution >= 4 is 40.2 Å². The van der Waals surface area contributed by atoms with Gasteiger partial charge in [0.1, 0.15) is 5.39 Å². The molecule has 0 fully saturated rings. The number of hydrogen-bond acceptors (Lipinski definition) is 4. The summed E-state index contributed by atoms with van der Waals surface area (Å²) in [5.74, 6) is 0.458. The summed E-state index contributed by atoms with van der Waals surface area (Å²) in [5, 5.41) is 5.92. The van der Waals surface area contributed by atoms with Crippen LogP contribution in [-0.2, 0) is 12.1 Å². The average molecular weight is 380 g/mol. The molecule has 0 radical (unpaired) electrons. The molecular formula is C17H19Cl2N5O. The van der Waals surface area contributed by atoms with E-state index < -0.39 is 0 Å². The van der Waals surface area contributed by atoms with E-state index in [1.54, 1.807) is 16.9 Å². The van der Waals surface area contributed by atoms with Crippen molar-refractivity contribution in [1.82, 2.24) is 19.7 Å². The molecule has 25 heavy (non-hydrogen) atoms. The van der Waals surface area contributed by atoms with Crippen molar-refractivity contribution in [1.29, 1.82) is 0 Å². The second-order valence-electron chi connectivity index (χ2n) is 6.99. The molecule has 0 aliphatic heterocycles. The number of hydrogen-bond donors (Lipinski definition) is 1. The summed E-state index contributed by atoms with van der Waals surface area (Å²) in [6.07, 6.45) is 1.55. The van der Waals surface area contributed by atoms with Crippen molar-refractivity contribution in [2.45, 2.75) is 32.9 Å². The first kappa shape index (κ1) is 17.8. The van der Waals surface area contributed by atoms with Crippen molar-refractivity contribution < 1.29 is 0 Å². The van der Waals surface area contributed by atoms with E-state index >= 15 is 0 Å². The number of benzene rings is 1. The molecule has 132 valence electrons. The molecule has 0 saturated carbocycles. The zero-order valence-corrected chi connectivity index (χ0v) is 16.0. The van der Waals surface area contributed by atoms with Gasteiger partial charge in [-0.15, -0.1) is 0 Å². The fourth-order valence-corrected chi connectivity index (χ4v) is 3.20. The van der Waals surface area contributed by atoms with Gasteiger partial charge in [0.2, 0.25) is 5.95 Å². The van der Waals surface area contributed by atoms with Gasteiger partial charge in [-0.2, -0.15) is 10.1 Å². The molecule has 0 bridgehead atoms. The third kappa shape index (κ3) is 3.65. The number of aromatic nitrogens is 4. The van der Waals surface area contributed by atoms with Crippen LogP contribution in [-0.4, -0.2) is 26.8 Å². The lowest BCUT2D eigenvalue weighted by atomic mass is 10.1. The molecule has 8 heteroatoms. The Morgan fingerprint density at radius 2 is 1.84 bits per heavy atom. The Morgan fingerprint density at radius 1 is 1.20 bits per heavy atom. The zero-order valence-electron chi connectivity index (χ0n) is 14.5. The quantitative estimate of drug-likeness (QED) is 0.750. The summed E-state index contributed by atoms with van der Waals surface area (Å²) in [5.41, 5.74) is 0.986. The maximum atomic E-state index is 12.4. The molecule has 1 aromatic carbocycles. The predicted octanol–water partition coefficient (Wildman–Crippen LogP) is 3.82. The number of nitrogens with zero attached hydrogens (tertiary/aromatic N) is 4. The van der Waals surface area contributed by atoms with Gasteiger partial charge in [-0.3, -0.25) is 9.78 Å². The van der Waals surface area contributed by atoms with Gasteiger partial charge in [0.25, 0.3) is 5.56 Å². The zero-order chi connectivity index (χ0) is 18.4. The second-order valence-corrected chi connectivity index (χ2v) is 7.86. The fourth-order valence-electron chi connectivity index (χ4n) is 2.63. The highest BCUT2D eigenvalue weighted by atomic mass is 35.5. The van der Waals surface area contributed by atoms with Crippen molar-refractivity contribution in [3.05, 3.63) is 50.4 Å². The Hall–Kier alpha value is -2.05. The standard InChI is InChI=1S/C17H19Cl2N5O/c1-17(2,3)24-14-13(8-20-24)15(25)22-16(21-14)23(4)9-10-5-11(18)7-12(19)6-10/h5-8H,9H2,1-4H3,(H,21,22,25). The van der Waals surface area contributed by atoms with Crippen molar-refractivity contribution in [2.75, 3.05) is 11.9 Å². The first-order chi connectivity index (χ1) is 11.6. The Balaban J connectivity index is 2.01. The van der Waals surface area contributed by atoms with Crippen LogP contribution < -0.4 is 10.5 Å². The van der Waals surface area contributed by atoms with E-state index in [1.807, 2.05) is 44.9 Å². The van der Waals surface area contributed by atoms with E-state index in [0.29, 0.717) is 33.6 Å². The Morgan fingerprint density at radius 3 is 2.44 bits per heavy atom. The Kier molecular flexibility index (Phi) is 4.51. The van der Waals surface area contributed by atoms with Crippen LogP contribution >= 0.6 is 23.2 Å². The molecule has 0 aliphatic carbocycles. The van der Waals surface area contributed by atoms with Crippen LogP contribution in [0.4, 0.5) is 5.95 Å². The smallest absolute Gasteiger partial charge is 0.263 e. The molecule has 2 heterocycles. The maximum absolute atomic E-state index is 12.4. The van der Waals surface area contributed by atoms with Gasteiger partial charge in [0, 0.05) is 23.6 Å². The second kappa shape index (κ2) is 6.35. The van der Waals surface area contributed by atoms with Crippen LogP contribution in [0.25, 0.3) is 11.0 Å². The SMILES string of the molecule is CN(Cc1cc(Cl)cc(Cl)c1)c1nc2c(cnn2C(C)(C)C)c(=O)[nH]1. The first-order valence-corrected chi connectivity index (χ1v) is 8.55. The lowest BCUT2D eigenvalue weighted by Gasteiger charge is -2.21. The van der Waals surface area contributed by atoms with Crippen LogP contribution in [0.3, 0.4) is 0 Å². The molecule has 6 nitrogen and oxygen atoms in total. The summed E-state index contributed by atoms with van der Waals surface area (Å²) < 4.78 is 1.76. The van der Waals surface area contributed by atoms with Gasteiger partial charge < -0.3 is 4.90 Å². The number of anilines is 1. The molecule has 3 aromatic rings. The van der Waals surface area contributed by atoms with Crippen molar-refractivity contribution in [3.63, 3.8) is 0 Å². The van der Waals surface area contributed by atoms with Crippen molar-refractivity contribution in [3.8, 4) is 0 Å². The monoisotopic (exact) mass is 379 g/mol. The summed E-state index contributed by atoms with van der Waals surface area (Å²) in [7, 11) is 1.84. The molecular weight excluding hydrogens is 361 g/mol. The maximum Gasteiger partial charge on any atom is 0.263 e. The highest BCUT2D eigenvalue weighted by molar-refractivity contribution is 6.34. The number of fused-ring (bicyclic) bond motifs is 1. The van der Waals surface area contributed by atoms with Gasteiger partial charge in [-0.05, 0) is 44.5 Å². The summed E-state index contributed by atoms with van der Waals surface area (Å²) in [6.45, 7) is 6.54. The number of halogens is 2. The third-order valence-electron chi connectivity index (χ3n) is 3.76. The Labute approximate surface area is 155 Å². The van der Waals surface area contributed by atoms with Gasteiger partial charge in [-0.1, -0.05) is 23.2 Å². The summed E-state index contributed by atoms with van der Waals surface area (Å²) in [4.78, 5) is 21.6. The first-order valence-electron chi connectivity index (χ1n) is 7.80. The van der Waals surface area contributed by atoms with Crippen LogP contribution in [0.15, 0.2) is 29.2 Å². The normalized spacial score (nSPS) is 11.9. The number of rotatable bonds is 3. The number of H-pyrrole nitrogens is 1. The largest absolute Gasteiger partial charge is 0.341 e. The third-order valence-corrected chi connectivity index (χ3v) is 4.20.